The van der Waals surface area contributed by atoms with E-state index in [1.807, 2.05) is 30.0 Å². The minimum atomic E-state index is -0.681. The lowest BCUT2D eigenvalue weighted by atomic mass is 9.94. The topological polar surface area (TPSA) is 123 Å². The SMILES string of the molecule is O=C(C[C@]1(c2ccc(-c3cccc(NC(=O)OCCN4C(=O)c5ccccc5C4=O)c3)s2)CCCCS1)NOC1CCCCO1. The maximum Gasteiger partial charge on any atom is 0.411 e. The van der Waals surface area contributed by atoms with Crippen LogP contribution in [0.25, 0.3) is 10.4 Å². The molecule has 2 saturated heterocycles. The number of carbonyl (C=O) groups is 4. The molecule has 2 N–H and O–H groups in total. The van der Waals surface area contributed by atoms with Crippen LogP contribution in [0.15, 0.2) is 60.7 Å². The van der Waals surface area contributed by atoms with Gasteiger partial charge in [-0.25, -0.2) is 15.1 Å². The Morgan fingerprint density at radius 3 is 2.53 bits per heavy atom. The molecule has 45 heavy (non-hydrogen) atoms. The Kier molecular flexibility index (Phi) is 9.84. The summed E-state index contributed by atoms with van der Waals surface area (Å²) >= 11 is 3.48. The predicted molar refractivity (Wildman–Crippen MR) is 172 cm³/mol. The molecule has 12 heteroatoms. The van der Waals surface area contributed by atoms with Gasteiger partial charge in [0.1, 0.15) is 6.61 Å². The van der Waals surface area contributed by atoms with Crippen molar-refractivity contribution in [3.05, 3.63) is 76.7 Å². The van der Waals surface area contributed by atoms with Gasteiger partial charge in [-0.3, -0.25) is 24.6 Å². The number of imide groups is 1. The van der Waals surface area contributed by atoms with Crippen molar-refractivity contribution in [2.45, 2.75) is 56.0 Å². The van der Waals surface area contributed by atoms with Crippen molar-refractivity contribution in [3.63, 3.8) is 0 Å². The van der Waals surface area contributed by atoms with E-state index in [1.165, 1.54) is 0 Å². The Morgan fingerprint density at radius 2 is 1.80 bits per heavy atom. The third kappa shape index (κ3) is 7.25. The molecule has 6 rings (SSSR count). The summed E-state index contributed by atoms with van der Waals surface area (Å²) in [6, 6.07) is 18.3. The average Bonchev–Trinajstić information content (AvgIpc) is 3.66. The molecule has 2 atom stereocenters. The van der Waals surface area contributed by atoms with E-state index >= 15 is 0 Å². The van der Waals surface area contributed by atoms with Crippen molar-refractivity contribution in [2.75, 3.05) is 30.8 Å². The van der Waals surface area contributed by atoms with Crippen LogP contribution in [0.4, 0.5) is 10.5 Å². The fourth-order valence-electron chi connectivity index (χ4n) is 5.82. The van der Waals surface area contributed by atoms with Gasteiger partial charge in [-0.2, -0.15) is 0 Å². The van der Waals surface area contributed by atoms with E-state index in [9.17, 15) is 19.2 Å². The summed E-state index contributed by atoms with van der Waals surface area (Å²) < 4.78 is 10.5. The van der Waals surface area contributed by atoms with E-state index in [0.29, 0.717) is 29.8 Å². The quantitative estimate of drug-likeness (QED) is 0.193. The number of hydrogen-bond acceptors (Lipinski definition) is 9. The maximum absolute atomic E-state index is 13.0. The number of hydroxylamine groups is 1. The van der Waals surface area contributed by atoms with Gasteiger partial charge in [-0.1, -0.05) is 30.7 Å². The molecule has 1 unspecified atom stereocenters. The van der Waals surface area contributed by atoms with Crippen molar-refractivity contribution in [2.24, 2.45) is 0 Å². The molecule has 236 valence electrons. The number of fused-ring (bicyclic) bond motifs is 1. The molecule has 10 nitrogen and oxygen atoms in total. The highest BCUT2D eigenvalue weighted by atomic mass is 32.2. The Labute approximate surface area is 269 Å². The molecular formula is C33H35N3O7S2. The molecule has 2 aromatic carbocycles. The number of rotatable bonds is 10. The van der Waals surface area contributed by atoms with Gasteiger partial charge in [0, 0.05) is 34.9 Å². The normalized spacial score (nSPS) is 21.3. The summed E-state index contributed by atoms with van der Waals surface area (Å²) in [6.45, 7) is 0.488. The number of nitrogens with one attached hydrogen (secondary N) is 2. The van der Waals surface area contributed by atoms with Gasteiger partial charge in [0.15, 0.2) is 6.29 Å². The Morgan fingerprint density at radius 1 is 0.978 bits per heavy atom. The van der Waals surface area contributed by atoms with Crippen LogP contribution in [-0.2, 0) is 23.9 Å². The molecule has 0 spiro atoms. The van der Waals surface area contributed by atoms with Gasteiger partial charge in [-0.15, -0.1) is 23.1 Å². The maximum atomic E-state index is 13.0. The third-order valence-corrected chi connectivity index (χ3v) is 11.2. The van der Waals surface area contributed by atoms with Crippen LogP contribution >= 0.6 is 23.1 Å². The molecular weight excluding hydrogens is 615 g/mol. The number of benzene rings is 2. The van der Waals surface area contributed by atoms with Gasteiger partial charge in [0.05, 0.1) is 22.4 Å². The summed E-state index contributed by atoms with van der Waals surface area (Å²) in [7, 11) is 0. The van der Waals surface area contributed by atoms with Crippen molar-refractivity contribution in [1.29, 1.82) is 0 Å². The number of carbonyl (C=O) groups excluding carboxylic acids is 4. The molecule has 3 aliphatic heterocycles. The number of nitrogens with zero attached hydrogens (tertiary/aromatic N) is 1. The number of thiophene rings is 1. The largest absolute Gasteiger partial charge is 0.447 e. The highest BCUT2D eigenvalue weighted by molar-refractivity contribution is 8.00. The zero-order valence-corrected chi connectivity index (χ0v) is 26.4. The second kappa shape index (κ2) is 14.2. The number of hydrogen-bond donors (Lipinski definition) is 2. The van der Waals surface area contributed by atoms with E-state index < -0.39 is 6.09 Å². The average molecular weight is 650 g/mol. The molecule has 0 saturated carbocycles. The van der Waals surface area contributed by atoms with Crippen molar-refractivity contribution in [1.82, 2.24) is 10.4 Å². The van der Waals surface area contributed by atoms with Crippen molar-refractivity contribution >= 4 is 52.6 Å². The van der Waals surface area contributed by atoms with Crippen LogP contribution in [0.1, 0.15) is 70.5 Å². The summed E-state index contributed by atoms with van der Waals surface area (Å²) in [5.41, 5.74) is 4.83. The Balaban J connectivity index is 1.05. The van der Waals surface area contributed by atoms with E-state index in [-0.39, 0.29) is 41.9 Å². The van der Waals surface area contributed by atoms with Crippen molar-refractivity contribution in [3.8, 4) is 10.4 Å². The summed E-state index contributed by atoms with van der Waals surface area (Å²) in [5, 5.41) is 2.74. The van der Waals surface area contributed by atoms with Crippen LogP contribution < -0.4 is 10.8 Å². The predicted octanol–water partition coefficient (Wildman–Crippen LogP) is 6.34. The Bertz CT molecular complexity index is 1530. The van der Waals surface area contributed by atoms with Gasteiger partial charge >= 0.3 is 6.09 Å². The molecule has 1 aromatic heterocycles. The van der Waals surface area contributed by atoms with Crippen LogP contribution in [0.2, 0.25) is 0 Å². The summed E-state index contributed by atoms with van der Waals surface area (Å²) in [6.07, 6.45) is 5.14. The molecule has 4 amide bonds. The van der Waals surface area contributed by atoms with E-state index in [0.717, 1.165) is 64.5 Å². The zero-order valence-electron chi connectivity index (χ0n) is 24.8. The van der Waals surface area contributed by atoms with Gasteiger partial charge in [-0.05, 0) is 73.4 Å². The smallest absolute Gasteiger partial charge is 0.411 e. The molecule has 2 fully saturated rings. The number of amides is 4. The first-order valence-corrected chi connectivity index (χ1v) is 17.0. The van der Waals surface area contributed by atoms with Gasteiger partial charge in [0.2, 0.25) is 5.91 Å². The molecule has 0 radical (unpaired) electrons. The van der Waals surface area contributed by atoms with Gasteiger partial charge < -0.3 is 9.47 Å². The fraction of sp³-hybridized carbons (Fsp3) is 0.394. The van der Waals surface area contributed by atoms with Crippen LogP contribution in [-0.4, -0.2) is 60.5 Å². The third-order valence-electron chi connectivity index (χ3n) is 8.12. The lowest BCUT2D eigenvalue weighted by Crippen LogP contribution is -2.37. The minimum absolute atomic E-state index is 0.0317. The first-order valence-electron chi connectivity index (χ1n) is 15.2. The second-order valence-corrected chi connectivity index (χ2v) is 13.8. The lowest BCUT2D eigenvalue weighted by molar-refractivity contribution is -0.200. The summed E-state index contributed by atoms with van der Waals surface area (Å²) in [5.74, 6) is 0.0565. The molecule has 3 aliphatic rings. The summed E-state index contributed by atoms with van der Waals surface area (Å²) in [4.78, 5) is 59.4. The number of thioether (sulfide) groups is 1. The lowest BCUT2D eigenvalue weighted by Gasteiger charge is -2.35. The van der Waals surface area contributed by atoms with Crippen LogP contribution in [0, 0.1) is 0 Å². The second-order valence-electron chi connectivity index (χ2n) is 11.2. The van der Waals surface area contributed by atoms with Gasteiger partial charge in [0.25, 0.3) is 11.8 Å². The fourth-order valence-corrected chi connectivity index (χ4v) is 8.71. The molecule has 0 bridgehead atoms. The number of anilines is 1. The first kappa shape index (κ1) is 31.3. The standard InChI is InChI=1S/C33H35N3O7S2/c37-28(35-43-29-12-3-5-17-41-29)21-33(15-4-6-19-44-33)27-14-13-26(45-27)22-8-7-9-23(20-22)34-32(40)42-18-16-36-30(38)24-10-1-2-11-25(24)31(36)39/h1-2,7-11,13-14,20,29H,3-6,12,15-19,21H2,(H,34,40)(H,35,37)/t29?,33-/m0/s1. The molecule has 4 heterocycles. The van der Waals surface area contributed by atoms with Crippen LogP contribution in [0.3, 0.4) is 0 Å². The van der Waals surface area contributed by atoms with E-state index in [2.05, 4.69) is 22.9 Å². The molecule has 3 aromatic rings. The van der Waals surface area contributed by atoms with Crippen LogP contribution in [0.5, 0.6) is 0 Å². The monoisotopic (exact) mass is 649 g/mol. The van der Waals surface area contributed by atoms with Crippen molar-refractivity contribution < 1.29 is 33.5 Å². The van der Waals surface area contributed by atoms with E-state index in [1.54, 1.807) is 41.7 Å². The Hall–Kier alpha value is -3.71. The highest BCUT2D eigenvalue weighted by Crippen LogP contribution is 2.51. The highest BCUT2D eigenvalue weighted by Gasteiger charge is 2.39. The minimum Gasteiger partial charge on any atom is -0.447 e. The first-order chi connectivity index (χ1) is 21.9. The number of ether oxygens (including phenoxy) is 2. The van der Waals surface area contributed by atoms with E-state index in [4.69, 9.17) is 14.3 Å². The molecule has 0 aliphatic carbocycles. The zero-order chi connectivity index (χ0) is 31.2.